The molecule has 1 aromatic heterocycles. The predicted molar refractivity (Wildman–Crippen MR) is 69.9 cm³/mol. The maximum atomic E-state index is 12.0. The number of carbonyl (C=O) groups excluding carboxylic acids is 3. The van der Waals surface area contributed by atoms with Crippen molar-refractivity contribution in [2.75, 3.05) is 0 Å². The summed E-state index contributed by atoms with van der Waals surface area (Å²) in [5, 5.41) is 5.58. The van der Waals surface area contributed by atoms with Gasteiger partial charge in [-0.3, -0.25) is 19.7 Å². The number of furan rings is 1. The highest BCUT2D eigenvalue weighted by atomic mass is 16.3. The number of fused-ring (bicyclic) bond motifs is 1. The first-order chi connectivity index (χ1) is 9.63. The summed E-state index contributed by atoms with van der Waals surface area (Å²) >= 11 is 0. The number of para-hydroxylation sites is 1. The third-order valence-electron chi connectivity index (χ3n) is 3.19. The Balaban J connectivity index is 1.76. The van der Waals surface area contributed by atoms with Crippen LogP contribution in [0.1, 0.15) is 23.4 Å². The van der Waals surface area contributed by atoms with E-state index < -0.39 is 17.9 Å². The third kappa shape index (κ3) is 2.27. The Morgan fingerprint density at radius 3 is 2.85 bits per heavy atom. The lowest BCUT2D eigenvalue weighted by Crippen LogP contribution is -2.52. The lowest BCUT2D eigenvalue weighted by atomic mass is 10.1. The highest BCUT2D eigenvalue weighted by molar-refractivity contribution is 6.03. The fourth-order valence-corrected chi connectivity index (χ4v) is 2.15. The van der Waals surface area contributed by atoms with E-state index in [2.05, 4.69) is 10.6 Å². The van der Waals surface area contributed by atoms with Gasteiger partial charge in [-0.25, -0.2) is 0 Å². The molecule has 20 heavy (non-hydrogen) atoms. The molecule has 3 amide bonds. The van der Waals surface area contributed by atoms with Crippen molar-refractivity contribution in [2.45, 2.75) is 18.9 Å². The van der Waals surface area contributed by atoms with Crippen molar-refractivity contribution in [1.82, 2.24) is 10.6 Å². The lowest BCUT2D eigenvalue weighted by molar-refractivity contribution is -0.134. The van der Waals surface area contributed by atoms with Crippen molar-refractivity contribution in [3.05, 3.63) is 36.1 Å². The number of imide groups is 1. The highest BCUT2D eigenvalue weighted by Gasteiger charge is 2.28. The zero-order valence-electron chi connectivity index (χ0n) is 10.5. The Labute approximate surface area is 114 Å². The first-order valence-corrected chi connectivity index (χ1v) is 6.26. The lowest BCUT2D eigenvalue weighted by Gasteiger charge is -2.21. The molecule has 0 bridgehead atoms. The van der Waals surface area contributed by atoms with E-state index in [0.29, 0.717) is 12.0 Å². The third-order valence-corrected chi connectivity index (χ3v) is 3.19. The van der Waals surface area contributed by atoms with Gasteiger partial charge in [0.25, 0.3) is 5.91 Å². The number of rotatable bonds is 2. The van der Waals surface area contributed by atoms with Crippen molar-refractivity contribution in [3.63, 3.8) is 0 Å². The molecule has 102 valence electrons. The Morgan fingerprint density at radius 2 is 2.10 bits per heavy atom. The summed E-state index contributed by atoms with van der Waals surface area (Å²) in [4.78, 5) is 34.6. The highest BCUT2D eigenvalue weighted by Crippen LogP contribution is 2.19. The molecule has 1 atom stereocenters. The minimum Gasteiger partial charge on any atom is -0.451 e. The van der Waals surface area contributed by atoms with Crippen molar-refractivity contribution in [1.29, 1.82) is 0 Å². The molecule has 0 spiro atoms. The molecule has 2 aromatic rings. The van der Waals surface area contributed by atoms with Crippen LogP contribution in [0.15, 0.2) is 34.7 Å². The number of carbonyl (C=O) groups is 3. The largest absolute Gasteiger partial charge is 0.451 e. The fourth-order valence-electron chi connectivity index (χ4n) is 2.15. The molecule has 6 nitrogen and oxygen atoms in total. The molecule has 1 aliphatic heterocycles. The number of hydrogen-bond donors (Lipinski definition) is 2. The summed E-state index contributed by atoms with van der Waals surface area (Å²) in [6, 6.07) is 8.18. The van der Waals surface area contributed by atoms with E-state index in [1.807, 2.05) is 18.2 Å². The van der Waals surface area contributed by atoms with Gasteiger partial charge in [0.2, 0.25) is 11.8 Å². The minimum atomic E-state index is -0.701. The first-order valence-electron chi connectivity index (χ1n) is 6.26. The van der Waals surface area contributed by atoms with Crippen LogP contribution in [0.5, 0.6) is 0 Å². The van der Waals surface area contributed by atoms with Gasteiger partial charge < -0.3 is 9.73 Å². The van der Waals surface area contributed by atoms with Gasteiger partial charge >= 0.3 is 0 Å². The molecule has 0 aliphatic carbocycles. The topological polar surface area (TPSA) is 88.4 Å². The zero-order chi connectivity index (χ0) is 14.1. The molecule has 6 heteroatoms. The van der Waals surface area contributed by atoms with Crippen LogP contribution in [0.25, 0.3) is 11.0 Å². The summed E-state index contributed by atoms with van der Waals surface area (Å²) in [7, 11) is 0. The summed E-state index contributed by atoms with van der Waals surface area (Å²) in [5.41, 5.74) is 0.612. The normalized spacial score (nSPS) is 18.9. The van der Waals surface area contributed by atoms with E-state index in [0.717, 1.165) is 5.39 Å². The van der Waals surface area contributed by atoms with Crippen molar-refractivity contribution in [3.8, 4) is 0 Å². The van der Waals surface area contributed by atoms with E-state index in [4.69, 9.17) is 4.42 Å². The fraction of sp³-hybridized carbons (Fsp3) is 0.214. The maximum absolute atomic E-state index is 12.0. The van der Waals surface area contributed by atoms with E-state index >= 15 is 0 Å². The van der Waals surface area contributed by atoms with Crippen LogP contribution >= 0.6 is 0 Å². The number of hydrogen-bond acceptors (Lipinski definition) is 4. The summed E-state index contributed by atoms with van der Waals surface area (Å²) < 4.78 is 5.42. The summed E-state index contributed by atoms with van der Waals surface area (Å²) in [6.07, 6.45) is 0.521. The van der Waals surface area contributed by atoms with Crippen LogP contribution < -0.4 is 10.6 Å². The minimum absolute atomic E-state index is 0.149. The van der Waals surface area contributed by atoms with Crippen LogP contribution in [0, 0.1) is 0 Å². The smallest absolute Gasteiger partial charge is 0.287 e. The van der Waals surface area contributed by atoms with Crippen LogP contribution in [-0.2, 0) is 9.59 Å². The van der Waals surface area contributed by atoms with Gasteiger partial charge in [-0.05, 0) is 18.6 Å². The van der Waals surface area contributed by atoms with Crippen LogP contribution in [0.4, 0.5) is 0 Å². The molecule has 1 saturated heterocycles. The number of piperidine rings is 1. The SMILES string of the molecule is O=C1CCC(NC(=O)c2cc3ccccc3o2)C(=O)N1. The van der Waals surface area contributed by atoms with Gasteiger partial charge in [0.1, 0.15) is 11.6 Å². The molecule has 1 aliphatic rings. The quantitative estimate of drug-likeness (QED) is 0.797. The molecule has 1 fully saturated rings. The van der Waals surface area contributed by atoms with Crippen molar-refractivity contribution >= 4 is 28.7 Å². The molecular weight excluding hydrogens is 260 g/mol. The van der Waals surface area contributed by atoms with Crippen molar-refractivity contribution in [2.24, 2.45) is 0 Å². The Morgan fingerprint density at radius 1 is 1.30 bits per heavy atom. The number of nitrogens with one attached hydrogen (secondary N) is 2. The molecule has 0 saturated carbocycles. The molecule has 1 aromatic carbocycles. The van der Waals surface area contributed by atoms with Crippen LogP contribution in [0.3, 0.4) is 0 Å². The van der Waals surface area contributed by atoms with E-state index in [9.17, 15) is 14.4 Å². The Hall–Kier alpha value is -2.63. The Bertz CT molecular complexity index is 671. The molecule has 0 radical (unpaired) electrons. The summed E-state index contributed by atoms with van der Waals surface area (Å²) in [5.74, 6) is -1.11. The molecule has 3 rings (SSSR count). The maximum Gasteiger partial charge on any atom is 0.287 e. The second-order valence-corrected chi connectivity index (χ2v) is 4.63. The van der Waals surface area contributed by atoms with E-state index in [1.165, 1.54) is 0 Å². The summed E-state index contributed by atoms with van der Waals surface area (Å²) in [6.45, 7) is 0. The second kappa shape index (κ2) is 4.80. The van der Waals surface area contributed by atoms with Gasteiger partial charge in [0, 0.05) is 11.8 Å². The van der Waals surface area contributed by atoms with Gasteiger partial charge in [-0.2, -0.15) is 0 Å². The predicted octanol–water partition coefficient (Wildman–Crippen LogP) is 0.968. The average molecular weight is 272 g/mol. The van der Waals surface area contributed by atoms with E-state index in [-0.39, 0.29) is 18.1 Å². The monoisotopic (exact) mass is 272 g/mol. The average Bonchev–Trinajstić information content (AvgIpc) is 2.86. The van der Waals surface area contributed by atoms with E-state index in [1.54, 1.807) is 12.1 Å². The van der Waals surface area contributed by atoms with Gasteiger partial charge in [0.15, 0.2) is 5.76 Å². The van der Waals surface area contributed by atoms with Crippen LogP contribution in [-0.4, -0.2) is 23.8 Å². The standard InChI is InChI=1S/C14H12N2O4/c17-12-6-5-9(13(18)16-12)15-14(19)11-7-8-3-1-2-4-10(8)20-11/h1-4,7,9H,5-6H2,(H,15,19)(H,16,17,18). The molecule has 2 N–H and O–H groups in total. The molecule has 2 heterocycles. The number of amides is 3. The Kier molecular flexibility index (Phi) is 2.98. The van der Waals surface area contributed by atoms with Crippen LogP contribution in [0.2, 0.25) is 0 Å². The molecule has 1 unspecified atom stereocenters. The van der Waals surface area contributed by atoms with Gasteiger partial charge in [-0.1, -0.05) is 18.2 Å². The molecular formula is C14H12N2O4. The van der Waals surface area contributed by atoms with Crippen molar-refractivity contribution < 1.29 is 18.8 Å². The second-order valence-electron chi connectivity index (χ2n) is 4.63. The zero-order valence-corrected chi connectivity index (χ0v) is 10.5. The number of benzene rings is 1. The first kappa shape index (κ1) is 12.4. The van der Waals surface area contributed by atoms with Gasteiger partial charge in [0.05, 0.1) is 0 Å². The van der Waals surface area contributed by atoms with Gasteiger partial charge in [-0.15, -0.1) is 0 Å².